The maximum atomic E-state index is 8.81. The van der Waals surface area contributed by atoms with Gasteiger partial charge in [0.2, 0.25) is 0 Å². The molecule has 2 N–H and O–H groups in total. The molecule has 1 aliphatic heterocycles. The third kappa shape index (κ3) is 18.5. The number of rotatable bonds is 0. The molecule has 0 spiro atoms. The largest absolute Gasteiger partial charge is 0.381 e. The van der Waals surface area contributed by atoms with E-state index >= 15 is 0 Å². The first kappa shape index (κ1) is 15.1. The third-order valence-corrected chi connectivity index (χ3v) is 1.58. The standard InChI is InChI=1S/C7H14O.C2H4O.CH5N/c1-2-4-6-8-7-5-3-1;1-2-3;1-2/h1-7H2;2H,1H3;2H2,1H3. The molecule has 0 unspecified atom stereocenters. The van der Waals surface area contributed by atoms with Crippen LogP contribution >= 0.6 is 0 Å². The van der Waals surface area contributed by atoms with Crippen molar-refractivity contribution >= 4 is 6.29 Å². The highest BCUT2D eigenvalue weighted by Gasteiger charge is 1.95. The normalized spacial score (nSPS) is 16.2. The highest BCUT2D eigenvalue weighted by molar-refractivity contribution is 5.44. The Morgan fingerprint density at radius 1 is 1.00 bits per heavy atom. The SMILES string of the molecule is C1CCCOCCC1.CC=O.CN. The van der Waals surface area contributed by atoms with Crippen molar-refractivity contribution in [3.8, 4) is 0 Å². The minimum atomic E-state index is 0.750. The average molecular weight is 189 g/mol. The summed E-state index contributed by atoms with van der Waals surface area (Å²) in [6.45, 7) is 3.44. The fourth-order valence-corrected chi connectivity index (χ4v) is 1.04. The summed E-state index contributed by atoms with van der Waals surface area (Å²) < 4.78 is 5.27. The molecule has 0 aromatic heterocycles. The number of nitrogens with two attached hydrogens (primary N) is 1. The van der Waals surface area contributed by atoms with E-state index in [9.17, 15) is 0 Å². The van der Waals surface area contributed by atoms with E-state index in [4.69, 9.17) is 9.53 Å². The molecule has 1 rings (SSSR count). The number of hydrogen-bond acceptors (Lipinski definition) is 3. The molecule has 0 bridgehead atoms. The summed E-state index contributed by atoms with van der Waals surface area (Å²) in [6.07, 6.45) is 7.48. The average Bonchev–Trinajstić information content (AvgIpc) is 2.07. The minimum Gasteiger partial charge on any atom is -0.381 e. The lowest BCUT2D eigenvalue weighted by molar-refractivity contribution is -0.106. The van der Waals surface area contributed by atoms with Crippen molar-refractivity contribution in [3.05, 3.63) is 0 Å². The van der Waals surface area contributed by atoms with Crippen LogP contribution in [0.25, 0.3) is 0 Å². The molecule has 13 heavy (non-hydrogen) atoms. The molecule has 0 aliphatic carbocycles. The van der Waals surface area contributed by atoms with Crippen molar-refractivity contribution in [2.45, 2.75) is 39.0 Å². The predicted molar refractivity (Wildman–Crippen MR) is 55.8 cm³/mol. The van der Waals surface area contributed by atoms with Gasteiger partial charge in [-0.25, -0.2) is 0 Å². The molecule has 1 heterocycles. The maximum Gasteiger partial charge on any atom is 0.116 e. The van der Waals surface area contributed by atoms with E-state index in [1.165, 1.54) is 46.1 Å². The second-order valence-corrected chi connectivity index (χ2v) is 2.62. The van der Waals surface area contributed by atoms with Gasteiger partial charge in [0, 0.05) is 13.2 Å². The van der Waals surface area contributed by atoms with Gasteiger partial charge in [-0.2, -0.15) is 0 Å². The van der Waals surface area contributed by atoms with E-state index < -0.39 is 0 Å². The Kier molecular flexibility index (Phi) is 20.4. The molecule has 0 aromatic rings. The van der Waals surface area contributed by atoms with Crippen LogP contribution in [0.4, 0.5) is 0 Å². The van der Waals surface area contributed by atoms with Crippen molar-refractivity contribution in [2.24, 2.45) is 5.73 Å². The zero-order chi connectivity index (χ0) is 10.4. The number of ether oxygens (including phenoxy) is 1. The van der Waals surface area contributed by atoms with Crippen molar-refractivity contribution in [1.29, 1.82) is 0 Å². The van der Waals surface area contributed by atoms with E-state index in [0.29, 0.717) is 0 Å². The monoisotopic (exact) mass is 189 g/mol. The molecular formula is C10H23NO2. The van der Waals surface area contributed by atoms with Crippen LogP contribution in [0.5, 0.6) is 0 Å². The highest BCUT2D eigenvalue weighted by Crippen LogP contribution is 2.06. The fraction of sp³-hybridized carbons (Fsp3) is 0.900. The summed E-state index contributed by atoms with van der Waals surface area (Å²) in [4.78, 5) is 8.81. The Morgan fingerprint density at radius 2 is 1.31 bits per heavy atom. The van der Waals surface area contributed by atoms with Crippen LogP contribution in [0.1, 0.15) is 39.0 Å². The molecule has 0 saturated carbocycles. The first-order valence-corrected chi connectivity index (χ1v) is 4.97. The Morgan fingerprint density at radius 3 is 1.69 bits per heavy atom. The van der Waals surface area contributed by atoms with Gasteiger partial charge in [-0.3, -0.25) is 0 Å². The van der Waals surface area contributed by atoms with Gasteiger partial charge in [0.05, 0.1) is 0 Å². The van der Waals surface area contributed by atoms with Crippen LogP contribution < -0.4 is 5.73 Å². The molecule has 0 aromatic carbocycles. The fourth-order valence-electron chi connectivity index (χ4n) is 1.04. The van der Waals surface area contributed by atoms with Crippen LogP contribution in [0.3, 0.4) is 0 Å². The highest BCUT2D eigenvalue weighted by atomic mass is 16.5. The molecule has 0 amide bonds. The van der Waals surface area contributed by atoms with Crippen LogP contribution in [-0.2, 0) is 9.53 Å². The van der Waals surface area contributed by atoms with Crippen molar-refractivity contribution in [2.75, 3.05) is 20.3 Å². The topological polar surface area (TPSA) is 52.3 Å². The number of carbonyl (C=O) groups excluding carboxylic acids is 1. The first-order chi connectivity index (χ1) is 6.41. The first-order valence-electron chi connectivity index (χ1n) is 4.97. The van der Waals surface area contributed by atoms with Gasteiger partial charge in [0.25, 0.3) is 0 Å². The second kappa shape index (κ2) is 17.6. The smallest absolute Gasteiger partial charge is 0.116 e. The predicted octanol–water partition coefficient (Wildman–Crippen LogP) is 1.75. The molecular weight excluding hydrogens is 166 g/mol. The summed E-state index contributed by atoms with van der Waals surface area (Å²) in [5.41, 5.74) is 4.50. The quantitative estimate of drug-likeness (QED) is 0.591. The molecule has 0 radical (unpaired) electrons. The Bertz CT molecular complexity index is 63.0. The van der Waals surface area contributed by atoms with Gasteiger partial charge < -0.3 is 15.3 Å². The van der Waals surface area contributed by atoms with E-state index in [-0.39, 0.29) is 0 Å². The number of aldehydes is 1. The summed E-state index contributed by atoms with van der Waals surface area (Å²) in [7, 11) is 1.50. The summed E-state index contributed by atoms with van der Waals surface area (Å²) in [5.74, 6) is 0. The van der Waals surface area contributed by atoms with Gasteiger partial charge in [-0.1, -0.05) is 19.3 Å². The van der Waals surface area contributed by atoms with E-state index in [1.54, 1.807) is 0 Å². The zero-order valence-corrected chi connectivity index (χ0v) is 8.92. The Balaban J connectivity index is 0. The summed E-state index contributed by atoms with van der Waals surface area (Å²) >= 11 is 0. The lowest BCUT2D eigenvalue weighted by Gasteiger charge is -2.07. The number of hydrogen-bond donors (Lipinski definition) is 1. The Hall–Kier alpha value is -0.410. The van der Waals surface area contributed by atoms with Gasteiger partial charge in [-0.05, 0) is 26.8 Å². The van der Waals surface area contributed by atoms with Crippen LogP contribution in [0, 0.1) is 0 Å². The van der Waals surface area contributed by atoms with Crippen LogP contribution in [0.15, 0.2) is 0 Å². The van der Waals surface area contributed by atoms with Crippen molar-refractivity contribution in [3.63, 3.8) is 0 Å². The number of carbonyl (C=O) groups is 1. The third-order valence-electron chi connectivity index (χ3n) is 1.58. The lowest BCUT2D eigenvalue weighted by atomic mass is 10.1. The van der Waals surface area contributed by atoms with E-state index in [2.05, 4.69) is 5.73 Å². The van der Waals surface area contributed by atoms with Gasteiger partial charge >= 0.3 is 0 Å². The van der Waals surface area contributed by atoms with Gasteiger partial charge in [0.1, 0.15) is 6.29 Å². The van der Waals surface area contributed by atoms with Crippen molar-refractivity contribution in [1.82, 2.24) is 0 Å². The van der Waals surface area contributed by atoms with E-state index in [0.717, 1.165) is 19.5 Å². The van der Waals surface area contributed by atoms with Crippen LogP contribution in [0.2, 0.25) is 0 Å². The van der Waals surface area contributed by atoms with Crippen molar-refractivity contribution < 1.29 is 9.53 Å². The molecule has 1 saturated heterocycles. The molecule has 1 fully saturated rings. The molecule has 0 atom stereocenters. The Labute approximate surface area is 81.6 Å². The summed E-state index contributed by atoms with van der Waals surface area (Å²) in [6, 6.07) is 0. The zero-order valence-electron chi connectivity index (χ0n) is 8.92. The van der Waals surface area contributed by atoms with Gasteiger partial charge in [-0.15, -0.1) is 0 Å². The molecule has 1 aliphatic rings. The second-order valence-electron chi connectivity index (χ2n) is 2.62. The maximum absolute atomic E-state index is 8.81. The summed E-state index contributed by atoms with van der Waals surface area (Å²) in [5, 5.41) is 0. The van der Waals surface area contributed by atoms with Gasteiger partial charge in [0.15, 0.2) is 0 Å². The molecule has 80 valence electrons. The van der Waals surface area contributed by atoms with E-state index in [1.807, 2.05) is 0 Å². The molecule has 3 heteroatoms. The van der Waals surface area contributed by atoms with Crippen LogP contribution in [-0.4, -0.2) is 26.5 Å². The lowest BCUT2D eigenvalue weighted by Crippen LogP contribution is -2.00. The molecule has 3 nitrogen and oxygen atoms in total. The minimum absolute atomic E-state index is 0.750.